The van der Waals surface area contributed by atoms with Crippen LogP contribution in [0.3, 0.4) is 0 Å². The molecule has 0 unspecified atom stereocenters. The van der Waals surface area contributed by atoms with Gasteiger partial charge in [-0.25, -0.2) is 9.79 Å². The number of carboxylic acid groups (broad SMARTS) is 1. The molecule has 6 heteroatoms. The van der Waals surface area contributed by atoms with Crippen LogP contribution in [0, 0.1) is 13.8 Å². The maximum atomic E-state index is 11.9. The van der Waals surface area contributed by atoms with E-state index in [1.807, 2.05) is 38.1 Å². The molecule has 0 fully saturated rings. The van der Waals surface area contributed by atoms with Crippen LogP contribution in [-0.2, 0) is 4.79 Å². The number of nitrogens with one attached hydrogen (secondary N) is 2. The first-order valence-electron chi connectivity index (χ1n) is 8.55. The van der Waals surface area contributed by atoms with Crippen LogP contribution >= 0.6 is 0 Å². The third kappa shape index (κ3) is 2.85. The lowest BCUT2D eigenvalue weighted by atomic mass is 10.1. The van der Waals surface area contributed by atoms with E-state index in [2.05, 4.69) is 21.0 Å². The number of hydrogen-bond acceptors (Lipinski definition) is 3. The number of aryl methyl sites for hydroxylation is 2. The quantitative estimate of drug-likeness (QED) is 0.634. The number of nitrogens with zero attached hydrogens (tertiary/aromatic N) is 1. The van der Waals surface area contributed by atoms with Gasteiger partial charge in [-0.05, 0) is 37.6 Å². The smallest absolute Gasteiger partial charge is 0.338 e. The Labute approximate surface area is 154 Å². The molecule has 0 amide bonds. The number of benzene rings is 1. The fourth-order valence-electron chi connectivity index (χ4n) is 3.40. The lowest BCUT2D eigenvalue weighted by Gasteiger charge is -1.96. The van der Waals surface area contributed by atoms with E-state index in [-0.39, 0.29) is 5.57 Å². The molecule has 0 spiro atoms. The summed E-state index contributed by atoms with van der Waals surface area (Å²) >= 11 is 0. The van der Waals surface area contributed by atoms with Gasteiger partial charge in [0.2, 0.25) is 0 Å². The van der Waals surface area contributed by atoms with Gasteiger partial charge >= 0.3 is 5.97 Å². The predicted molar refractivity (Wildman–Crippen MR) is 102 cm³/mol. The van der Waals surface area contributed by atoms with E-state index in [1.165, 1.54) is 0 Å². The number of carbonyl (C=O) groups is 1. The Hall–Kier alpha value is -3.54. The minimum atomic E-state index is -1.01. The van der Waals surface area contributed by atoms with Crippen LogP contribution in [0.4, 0.5) is 0 Å². The Morgan fingerprint density at radius 3 is 2.63 bits per heavy atom. The number of carboxylic acids is 1. The average molecular weight is 361 g/mol. The van der Waals surface area contributed by atoms with Crippen molar-refractivity contribution >= 4 is 23.3 Å². The second kappa shape index (κ2) is 6.32. The number of aromatic amines is 2. The molecule has 6 nitrogen and oxygen atoms in total. The van der Waals surface area contributed by atoms with E-state index in [0.717, 1.165) is 22.3 Å². The molecule has 136 valence electrons. The Kier molecular flexibility index (Phi) is 3.96. The second-order valence-electron chi connectivity index (χ2n) is 6.52. The molecule has 0 atom stereocenters. The number of fused-ring (bicyclic) bond motifs is 1. The standard InChI is InChI=1S/C21H19N3O3/c1-11-8-12(2)22-15(11)9-16-18(27-3)10-17(23-16)20-19(21(25)26)13-6-4-5-7-14(13)24-20/h4-10,22-23H,1-3H3,(H,25,26)/b16-9-,20-17-. The van der Waals surface area contributed by atoms with Crippen molar-refractivity contribution in [1.82, 2.24) is 9.97 Å². The largest absolute Gasteiger partial charge is 0.494 e. The number of rotatable bonds is 3. The summed E-state index contributed by atoms with van der Waals surface area (Å²) in [5, 5.41) is 12.4. The fraction of sp³-hybridized carbons (Fsp3) is 0.143. The number of ether oxygens (including phenoxy) is 1. The molecule has 1 aliphatic rings. The molecule has 3 N–H and O–H groups in total. The van der Waals surface area contributed by atoms with Gasteiger partial charge < -0.3 is 19.8 Å². The van der Waals surface area contributed by atoms with Gasteiger partial charge in [0.1, 0.15) is 11.4 Å². The first-order valence-corrected chi connectivity index (χ1v) is 8.55. The monoisotopic (exact) mass is 361 g/mol. The first kappa shape index (κ1) is 16.9. The highest BCUT2D eigenvalue weighted by Crippen LogP contribution is 2.15. The molecular formula is C21H19N3O3. The zero-order chi connectivity index (χ0) is 19.1. The number of hydrogen-bond donors (Lipinski definition) is 3. The van der Waals surface area contributed by atoms with Crippen molar-refractivity contribution in [2.45, 2.75) is 13.8 Å². The van der Waals surface area contributed by atoms with Gasteiger partial charge in [-0.3, -0.25) is 0 Å². The van der Waals surface area contributed by atoms with E-state index in [0.29, 0.717) is 27.4 Å². The molecule has 0 saturated carbocycles. The number of para-hydroxylation sites is 1. The lowest BCUT2D eigenvalue weighted by molar-refractivity contribution is -0.130. The minimum Gasteiger partial charge on any atom is -0.494 e. The number of H-pyrrole nitrogens is 2. The Balaban J connectivity index is 2.02. The Bertz CT molecular complexity index is 1310. The summed E-state index contributed by atoms with van der Waals surface area (Å²) in [5.74, 6) is -0.381. The summed E-state index contributed by atoms with van der Waals surface area (Å²) in [5.41, 5.74) is 3.75. The summed E-state index contributed by atoms with van der Waals surface area (Å²) in [6.45, 7) is 4.03. The van der Waals surface area contributed by atoms with Gasteiger partial charge in [-0.15, -0.1) is 0 Å². The SMILES string of the molecule is COc1c/c(=C2/N=c3ccccc3=C2C(=O)O)[nH]/c1=C\c1[nH]c(C)cc1C. The molecule has 3 aromatic rings. The van der Waals surface area contributed by atoms with Gasteiger partial charge in [0, 0.05) is 22.7 Å². The van der Waals surface area contributed by atoms with Crippen molar-refractivity contribution in [3.8, 4) is 5.75 Å². The third-order valence-electron chi connectivity index (χ3n) is 4.62. The average Bonchev–Trinajstić information content (AvgIpc) is 3.29. The first-order chi connectivity index (χ1) is 13.0. The van der Waals surface area contributed by atoms with Gasteiger partial charge in [-0.2, -0.15) is 0 Å². The van der Waals surface area contributed by atoms with E-state index >= 15 is 0 Å². The molecule has 0 saturated heterocycles. The summed E-state index contributed by atoms with van der Waals surface area (Å²) in [6, 6.07) is 11.1. The van der Waals surface area contributed by atoms with Gasteiger partial charge in [0.25, 0.3) is 0 Å². The van der Waals surface area contributed by atoms with Crippen LogP contribution in [-0.4, -0.2) is 28.2 Å². The molecule has 2 aromatic heterocycles. The molecule has 3 heterocycles. The maximum Gasteiger partial charge on any atom is 0.338 e. The van der Waals surface area contributed by atoms with Gasteiger partial charge in [0.15, 0.2) is 0 Å². The number of aromatic nitrogens is 2. The van der Waals surface area contributed by atoms with E-state index in [9.17, 15) is 9.90 Å². The van der Waals surface area contributed by atoms with Crippen molar-refractivity contribution in [2.75, 3.05) is 7.11 Å². The maximum absolute atomic E-state index is 11.9. The van der Waals surface area contributed by atoms with E-state index < -0.39 is 5.97 Å². The molecule has 1 aromatic carbocycles. The van der Waals surface area contributed by atoms with Crippen molar-refractivity contribution in [2.24, 2.45) is 4.99 Å². The van der Waals surface area contributed by atoms with Crippen molar-refractivity contribution in [3.05, 3.63) is 74.6 Å². The number of methoxy groups -OCH3 is 1. The zero-order valence-electron chi connectivity index (χ0n) is 15.3. The van der Waals surface area contributed by atoms with E-state index in [1.54, 1.807) is 19.2 Å². The zero-order valence-corrected chi connectivity index (χ0v) is 15.3. The van der Waals surface area contributed by atoms with Gasteiger partial charge in [0.05, 0.1) is 28.7 Å². The van der Waals surface area contributed by atoms with Crippen molar-refractivity contribution in [3.63, 3.8) is 0 Å². The second-order valence-corrected chi connectivity index (χ2v) is 6.52. The molecule has 1 aliphatic heterocycles. The number of aliphatic carboxylic acids is 1. The molecule has 0 bridgehead atoms. The van der Waals surface area contributed by atoms with Crippen molar-refractivity contribution in [1.29, 1.82) is 0 Å². The molecule has 0 radical (unpaired) electrons. The Morgan fingerprint density at radius 2 is 1.96 bits per heavy atom. The van der Waals surface area contributed by atoms with Crippen LogP contribution in [0.1, 0.15) is 17.0 Å². The fourth-order valence-corrected chi connectivity index (χ4v) is 3.40. The minimum absolute atomic E-state index is 0.188. The highest BCUT2D eigenvalue weighted by Gasteiger charge is 2.21. The molecular weight excluding hydrogens is 342 g/mol. The summed E-state index contributed by atoms with van der Waals surface area (Å²) in [7, 11) is 1.59. The molecule has 0 aliphatic carbocycles. The van der Waals surface area contributed by atoms with Crippen LogP contribution in [0.5, 0.6) is 5.75 Å². The Morgan fingerprint density at radius 1 is 1.19 bits per heavy atom. The highest BCUT2D eigenvalue weighted by atomic mass is 16.5. The normalized spacial score (nSPS) is 15.7. The van der Waals surface area contributed by atoms with E-state index in [4.69, 9.17) is 4.74 Å². The third-order valence-corrected chi connectivity index (χ3v) is 4.62. The van der Waals surface area contributed by atoms with Crippen LogP contribution in [0.2, 0.25) is 0 Å². The van der Waals surface area contributed by atoms with Crippen LogP contribution in [0.25, 0.3) is 17.3 Å². The summed E-state index contributed by atoms with van der Waals surface area (Å²) in [4.78, 5) is 23.0. The van der Waals surface area contributed by atoms with Crippen LogP contribution < -0.4 is 26.0 Å². The lowest BCUT2D eigenvalue weighted by Crippen LogP contribution is -2.24. The predicted octanol–water partition coefficient (Wildman–Crippen LogP) is 0.474. The van der Waals surface area contributed by atoms with Crippen molar-refractivity contribution < 1.29 is 14.6 Å². The van der Waals surface area contributed by atoms with Gasteiger partial charge in [-0.1, -0.05) is 18.2 Å². The summed E-state index contributed by atoms with van der Waals surface area (Å²) in [6.07, 6.45) is 1.95. The molecule has 27 heavy (non-hydrogen) atoms. The molecule has 4 rings (SSSR count). The van der Waals surface area contributed by atoms with Crippen LogP contribution in [0.15, 0.2) is 41.4 Å². The summed E-state index contributed by atoms with van der Waals surface area (Å²) < 4.78 is 5.49. The highest BCUT2D eigenvalue weighted by molar-refractivity contribution is 6.24. The topological polar surface area (TPSA) is 90.5 Å².